The van der Waals surface area contributed by atoms with E-state index in [1.54, 1.807) is 16.8 Å². The molecular weight excluding hydrogens is 218 g/mol. The van der Waals surface area contributed by atoms with Crippen LogP contribution in [0.4, 0.5) is 0 Å². The van der Waals surface area contributed by atoms with Crippen LogP contribution in [0.25, 0.3) is 0 Å². The third-order valence-electron chi connectivity index (χ3n) is 2.16. The van der Waals surface area contributed by atoms with Crippen molar-refractivity contribution in [3.05, 3.63) is 27.2 Å². The number of hydrogen-bond donors (Lipinski definition) is 2. The summed E-state index contributed by atoms with van der Waals surface area (Å²) in [6.07, 6.45) is 2.98. The summed E-state index contributed by atoms with van der Waals surface area (Å²) in [5, 5.41) is 3.88. The van der Waals surface area contributed by atoms with Crippen molar-refractivity contribution in [3.63, 3.8) is 0 Å². The van der Waals surface area contributed by atoms with Gasteiger partial charge < -0.3 is 11.1 Å². The first kappa shape index (κ1) is 10.1. The number of aromatic nitrogens is 1. The molecule has 3 N–H and O–H groups in total. The zero-order chi connectivity index (χ0) is 9.97. The van der Waals surface area contributed by atoms with Crippen molar-refractivity contribution < 1.29 is 0 Å². The van der Waals surface area contributed by atoms with E-state index in [0.29, 0.717) is 5.15 Å². The summed E-state index contributed by atoms with van der Waals surface area (Å²) in [6.45, 7) is 1.77. The van der Waals surface area contributed by atoms with E-state index in [-0.39, 0.29) is 6.04 Å². The average molecular weight is 230 g/mol. The van der Waals surface area contributed by atoms with Crippen molar-refractivity contribution in [3.8, 4) is 0 Å². The molecule has 1 atom stereocenters. The number of rotatable bonds is 2. The maximum absolute atomic E-state index is 5.92. The fraction of sp³-hybridized carbons (Fsp3) is 0.444. The van der Waals surface area contributed by atoms with Gasteiger partial charge in [0, 0.05) is 30.4 Å². The summed E-state index contributed by atoms with van der Waals surface area (Å²) < 4.78 is 0. The molecule has 14 heavy (non-hydrogen) atoms. The Labute approximate surface area is 92.0 Å². The van der Waals surface area contributed by atoms with Crippen molar-refractivity contribution >= 4 is 22.9 Å². The van der Waals surface area contributed by atoms with E-state index in [4.69, 9.17) is 17.3 Å². The molecule has 0 saturated carbocycles. The highest BCUT2D eigenvalue weighted by atomic mass is 35.5. The topological polar surface area (TPSA) is 50.9 Å². The van der Waals surface area contributed by atoms with Gasteiger partial charge in [-0.05, 0) is 0 Å². The van der Waals surface area contributed by atoms with E-state index >= 15 is 0 Å². The smallest absolute Gasteiger partial charge is 0.143 e. The molecule has 0 amide bonds. The second kappa shape index (κ2) is 4.40. The second-order valence-electron chi connectivity index (χ2n) is 3.36. The molecule has 3 nitrogen and oxygen atoms in total. The minimum Gasteiger partial charge on any atom is -0.323 e. The number of hydrogen-bond acceptors (Lipinski definition) is 4. The number of halogens is 1. The zero-order valence-corrected chi connectivity index (χ0v) is 9.24. The highest BCUT2D eigenvalue weighted by Crippen LogP contribution is 2.22. The lowest BCUT2D eigenvalue weighted by Crippen LogP contribution is -2.38. The predicted molar refractivity (Wildman–Crippen MR) is 59.8 cm³/mol. The Morgan fingerprint density at radius 2 is 2.57 bits per heavy atom. The fourth-order valence-electron chi connectivity index (χ4n) is 1.52. The molecule has 1 aliphatic rings. The molecule has 1 unspecified atom stereocenters. The van der Waals surface area contributed by atoms with Gasteiger partial charge in [-0.1, -0.05) is 23.3 Å². The molecule has 1 aliphatic heterocycles. The van der Waals surface area contributed by atoms with Gasteiger partial charge in [-0.15, -0.1) is 11.3 Å². The first-order chi connectivity index (χ1) is 6.75. The van der Waals surface area contributed by atoms with Gasteiger partial charge in [0.1, 0.15) is 5.15 Å². The fourth-order valence-corrected chi connectivity index (χ4v) is 2.53. The highest BCUT2D eigenvalue weighted by Gasteiger charge is 2.12. The first-order valence-corrected chi connectivity index (χ1v) is 5.75. The van der Waals surface area contributed by atoms with Crippen LogP contribution in [0.2, 0.25) is 5.15 Å². The van der Waals surface area contributed by atoms with Gasteiger partial charge in [0.05, 0.1) is 5.51 Å². The van der Waals surface area contributed by atoms with Crippen molar-refractivity contribution in [2.45, 2.75) is 12.5 Å². The highest BCUT2D eigenvalue weighted by molar-refractivity contribution is 7.10. The Kier molecular flexibility index (Phi) is 3.18. The molecule has 0 aliphatic carbocycles. The molecule has 0 bridgehead atoms. The number of nitrogens with two attached hydrogens (primary N) is 1. The van der Waals surface area contributed by atoms with Crippen LogP contribution in [0.15, 0.2) is 17.2 Å². The van der Waals surface area contributed by atoms with Crippen LogP contribution >= 0.6 is 22.9 Å². The Bertz CT molecular complexity index is 348. The summed E-state index contributed by atoms with van der Waals surface area (Å²) in [7, 11) is 0. The van der Waals surface area contributed by atoms with E-state index in [1.807, 2.05) is 0 Å². The van der Waals surface area contributed by atoms with Crippen molar-refractivity contribution in [1.82, 2.24) is 10.3 Å². The Balaban J connectivity index is 2.07. The van der Waals surface area contributed by atoms with Crippen LogP contribution in [-0.2, 0) is 6.42 Å². The van der Waals surface area contributed by atoms with Crippen LogP contribution < -0.4 is 11.1 Å². The second-order valence-corrected chi connectivity index (χ2v) is 4.66. The zero-order valence-electron chi connectivity index (χ0n) is 7.66. The minimum absolute atomic E-state index is 0.130. The number of thiazole rings is 1. The molecule has 0 fully saturated rings. The predicted octanol–water partition coefficient (Wildman–Crippen LogP) is 1.20. The summed E-state index contributed by atoms with van der Waals surface area (Å²) in [6, 6.07) is 0.130. The molecule has 2 rings (SSSR count). The molecule has 5 heteroatoms. The average Bonchev–Trinajstić information content (AvgIpc) is 2.52. The Morgan fingerprint density at radius 3 is 3.21 bits per heavy atom. The molecule has 0 spiro atoms. The van der Waals surface area contributed by atoms with E-state index < -0.39 is 0 Å². The molecule has 2 heterocycles. The van der Waals surface area contributed by atoms with Gasteiger partial charge >= 0.3 is 0 Å². The molecule has 0 saturated heterocycles. The summed E-state index contributed by atoms with van der Waals surface area (Å²) in [4.78, 5) is 5.13. The third-order valence-corrected chi connectivity index (χ3v) is 3.43. The van der Waals surface area contributed by atoms with E-state index in [2.05, 4.69) is 16.4 Å². The van der Waals surface area contributed by atoms with Crippen LogP contribution in [0, 0.1) is 0 Å². The number of nitrogens with one attached hydrogen (secondary N) is 1. The molecule has 0 aromatic carbocycles. The lowest BCUT2D eigenvalue weighted by molar-refractivity contribution is 0.627. The largest absolute Gasteiger partial charge is 0.323 e. The van der Waals surface area contributed by atoms with Crippen LogP contribution in [0.5, 0.6) is 0 Å². The van der Waals surface area contributed by atoms with Crippen LogP contribution in [0.1, 0.15) is 4.88 Å². The first-order valence-electron chi connectivity index (χ1n) is 4.49. The van der Waals surface area contributed by atoms with Gasteiger partial charge in [0.15, 0.2) is 0 Å². The Hall–Kier alpha value is -0.420. The standard InChI is InChI=1S/C9H12ClN3S/c10-9-8(14-5-13-9)2-6-1-7(11)4-12-3-6/h1,5,7,12H,2-4,11H2. The van der Waals surface area contributed by atoms with Gasteiger partial charge in [-0.3, -0.25) is 0 Å². The molecule has 76 valence electrons. The van der Waals surface area contributed by atoms with Gasteiger partial charge in [0.2, 0.25) is 0 Å². The molecule has 1 aromatic rings. The Morgan fingerprint density at radius 1 is 1.71 bits per heavy atom. The summed E-state index contributed by atoms with van der Waals surface area (Å²) >= 11 is 7.51. The van der Waals surface area contributed by atoms with E-state index in [9.17, 15) is 0 Å². The lowest BCUT2D eigenvalue weighted by Gasteiger charge is -2.18. The third kappa shape index (κ3) is 2.33. The summed E-state index contributed by atoms with van der Waals surface area (Å²) in [5.41, 5.74) is 8.88. The molecular formula is C9H12ClN3S. The quantitative estimate of drug-likeness (QED) is 0.750. The van der Waals surface area contributed by atoms with E-state index in [0.717, 1.165) is 24.4 Å². The van der Waals surface area contributed by atoms with Gasteiger partial charge in [-0.25, -0.2) is 4.98 Å². The van der Waals surface area contributed by atoms with Crippen molar-refractivity contribution in [2.75, 3.05) is 13.1 Å². The normalized spacial score (nSPS) is 22.1. The van der Waals surface area contributed by atoms with Crippen LogP contribution in [-0.4, -0.2) is 24.1 Å². The maximum atomic E-state index is 5.92. The molecule has 0 radical (unpaired) electrons. The minimum atomic E-state index is 0.130. The van der Waals surface area contributed by atoms with Crippen LogP contribution in [0.3, 0.4) is 0 Å². The van der Waals surface area contributed by atoms with Gasteiger partial charge in [-0.2, -0.15) is 0 Å². The summed E-state index contributed by atoms with van der Waals surface area (Å²) in [5.74, 6) is 0. The van der Waals surface area contributed by atoms with Crippen molar-refractivity contribution in [1.29, 1.82) is 0 Å². The molecule has 1 aromatic heterocycles. The SMILES string of the molecule is NC1C=C(Cc2scnc2Cl)CNC1. The van der Waals surface area contributed by atoms with Gasteiger partial charge in [0.25, 0.3) is 0 Å². The number of nitrogens with zero attached hydrogens (tertiary/aromatic N) is 1. The monoisotopic (exact) mass is 229 g/mol. The van der Waals surface area contributed by atoms with Crippen molar-refractivity contribution in [2.24, 2.45) is 5.73 Å². The maximum Gasteiger partial charge on any atom is 0.143 e. The lowest BCUT2D eigenvalue weighted by atomic mass is 10.1. The van der Waals surface area contributed by atoms with E-state index in [1.165, 1.54) is 5.57 Å².